The third-order valence-electron chi connectivity index (χ3n) is 5.00. The number of para-hydroxylation sites is 1. The number of hydrogen-bond donors (Lipinski definition) is 2. The number of amides is 2. The quantitative estimate of drug-likeness (QED) is 0.524. The van der Waals surface area contributed by atoms with E-state index in [1.165, 1.54) is 11.8 Å². The number of thioether (sulfide) groups is 1. The summed E-state index contributed by atoms with van der Waals surface area (Å²) >= 11 is 1.33. The molecule has 4 rings (SSSR count). The number of carbonyl (C=O) groups excluding carboxylic acids is 2. The van der Waals surface area contributed by atoms with Gasteiger partial charge in [-0.2, -0.15) is 0 Å². The Morgan fingerprint density at radius 2 is 1.94 bits per heavy atom. The SMILES string of the molecule is CCn1c(SCC(=O)Nc2ccccc2C(=O)NC2CC2)nnc1-c1cccc(C)c1. The van der Waals surface area contributed by atoms with Crippen LogP contribution in [0.25, 0.3) is 11.4 Å². The zero-order valence-electron chi connectivity index (χ0n) is 17.6. The van der Waals surface area contributed by atoms with Gasteiger partial charge < -0.3 is 15.2 Å². The first-order valence-corrected chi connectivity index (χ1v) is 11.4. The van der Waals surface area contributed by atoms with E-state index >= 15 is 0 Å². The summed E-state index contributed by atoms with van der Waals surface area (Å²) in [5, 5.41) is 15.1. The number of hydrogen-bond acceptors (Lipinski definition) is 5. The Morgan fingerprint density at radius 3 is 2.68 bits per heavy atom. The number of rotatable bonds is 8. The van der Waals surface area contributed by atoms with Crippen molar-refractivity contribution in [1.29, 1.82) is 0 Å². The average molecular weight is 436 g/mol. The maximum atomic E-state index is 12.6. The highest BCUT2D eigenvalue weighted by atomic mass is 32.2. The van der Waals surface area contributed by atoms with Gasteiger partial charge in [-0.15, -0.1) is 10.2 Å². The number of nitrogens with zero attached hydrogens (tertiary/aromatic N) is 3. The molecule has 0 radical (unpaired) electrons. The number of nitrogens with one attached hydrogen (secondary N) is 2. The van der Waals surface area contributed by atoms with E-state index in [-0.39, 0.29) is 23.6 Å². The molecule has 0 bridgehead atoms. The molecule has 0 saturated heterocycles. The van der Waals surface area contributed by atoms with Crippen LogP contribution in [-0.2, 0) is 11.3 Å². The standard InChI is InChI=1S/C23H25N5O2S/c1-3-28-21(16-8-6-7-15(2)13-16)26-27-23(28)31-14-20(29)25-19-10-5-4-9-18(19)22(30)24-17-11-12-17/h4-10,13,17H,3,11-12,14H2,1-2H3,(H,24,30)(H,25,29). The summed E-state index contributed by atoms with van der Waals surface area (Å²) in [7, 11) is 0. The molecule has 1 aliphatic rings. The van der Waals surface area contributed by atoms with Crippen molar-refractivity contribution < 1.29 is 9.59 Å². The zero-order valence-corrected chi connectivity index (χ0v) is 18.4. The first-order chi connectivity index (χ1) is 15.0. The van der Waals surface area contributed by atoms with E-state index in [2.05, 4.69) is 26.9 Å². The number of benzene rings is 2. The van der Waals surface area contributed by atoms with Crippen molar-refractivity contribution >= 4 is 29.3 Å². The van der Waals surface area contributed by atoms with Crippen LogP contribution in [-0.4, -0.2) is 38.4 Å². The van der Waals surface area contributed by atoms with Crippen molar-refractivity contribution in [1.82, 2.24) is 20.1 Å². The summed E-state index contributed by atoms with van der Waals surface area (Å²) in [6.07, 6.45) is 2.03. The summed E-state index contributed by atoms with van der Waals surface area (Å²) in [6.45, 7) is 4.77. The van der Waals surface area contributed by atoms with E-state index in [1.54, 1.807) is 24.3 Å². The molecule has 0 atom stereocenters. The molecule has 8 heteroatoms. The smallest absolute Gasteiger partial charge is 0.253 e. The maximum absolute atomic E-state index is 12.6. The predicted molar refractivity (Wildman–Crippen MR) is 122 cm³/mol. The van der Waals surface area contributed by atoms with Gasteiger partial charge in [-0.25, -0.2) is 0 Å². The summed E-state index contributed by atoms with van der Waals surface area (Å²) in [5.74, 6) is 0.611. The summed E-state index contributed by atoms with van der Waals surface area (Å²) < 4.78 is 2.00. The number of anilines is 1. The number of aryl methyl sites for hydroxylation is 1. The van der Waals surface area contributed by atoms with Gasteiger partial charge in [-0.05, 0) is 44.9 Å². The van der Waals surface area contributed by atoms with Crippen LogP contribution in [0.3, 0.4) is 0 Å². The third-order valence-corrected chi connectivity index (χ3v) is 5.97. The Hall–Kier alpha value is -3.13. The molecule has 0 spiro atoms. The van der Waals surface area contributed by atoms with E-state index in [4.69, 9.17) is 0 Å². The van der Waals surface area contributed by atoms with Crippen molar-refractivity contribution in [2.24, 2.45) is 0 Å². The second-order valence-corrected chi connectivity index (χ2v) is 8.49. The van der Waals surface area contributed by atoms with Crippen LogP contribution in [0.5, 0.6) is 0 Å². The molecule has 7 nitrogen and oxygen atoms in total. The highest BCUT2D eigenvalue weighted by Crippen LogP contribution is 2.25. The maximum Gasteiger partial charge on any atom is 0.253 e. The molecule has 160 valence electrons. The van der Waals surface area contributed by atoms with E-state index in [1.807, 2.05) is 36.6 Å². The summed E-state index contributed by atoms with van der Waals surface area (Å²) in [6, 6.07) is 15.4. The van der Waals surface area contributed by atoms with Crippen molar-refractivity contribution in [2.75, 3.05) is 11.1 Å². The van der Waals surface area contributed by atoms with Crippen LogP contribution < -0.4 is 10.6 Å². The second kappa shape index (κ2) is 9.34. The molecule has 1 saturated carbocycles. The van der Waals surface area contributed by atoms with Crippen LogP contribution in [0.2, 0.25) is 0 Å². The fourth-order valence-corrected chi connectivity index (χ4v) is 4.08. The first-order valence-electron chi connectivity index (χ1n) is 10.4. The average Bonchev–Trinajstić information content (AvgIpc) is 3.48. The molecule has 0 aliphatic heterocycles. The lowest BCUT2D eigenvalue weighted by Crippen LogP contribution is -2.27. The van der Waals surface area contributed by atoms with Gasteiger partial charge in [-0.1, -0.05) is 47.7 Å². The van der Waals surface area contributed by atoms with E-state index < -0.39 is 0 Å². The Morgan fingerprint density at radius 1 is 1.13 bits per heavy atom. The van der Waals surface area contributed by atoms with E-state index in [0.717, 1.165) is 29.8 Å². The van der Waals surface area contributed by atoms with Crippen molar-refractivity contribution in [2.45, 2.75) is 44.4 Å². The molecule has 3 aromatic rings. The number of carbonyl (C=O) groups is 2. The van der Waals surface area contributed by atoms with Gasteiger partial charge in [0.2, 0.25) is 5.91 Å². The van der Waals surface area contributed by atoms with Crippen LogP contribution in [0.4, 0.5) is 5.69 Å². The number of aromatic nitrogens is 3. The molecule has 2 aromatic carbocycles. The highest BCUT2D eigenvalue weighted by molar-refractivity contribution is 7.99. The first kappa shape index (κ1) is 21.1. The van der Waals surface area contributed by atoms with Crippen molar-refractivity contribution in [3.63, 3.8) is 0 Å². The Kier molecular flexibility index (Phi) is 6.36. The highest BCUT2D eigenvalue weighted by Gasteiger charge is 2.25. The third kappa shape index (κ3) is 5.14. The minimum atomic E-state index is -0.195. The van der Waals surface area contributed by atoms with Gasteiger partial charge >= 0.3 is 0 Å². The van der Waals surface area contributed by atoms with Crippen molar-refractivity contribution in [3.05, 3.63) is 59.7 Å². The lowest BCUT2D eigenvalue weighted by molar-refractivity contribution is -0.113. The Balaban J connectivity index is 1.42. The molecule has 31 heavy (non-hydrogen) atoms. The normalized spacial score (nSPS) is 13.1. The molecule has 1 aliphatic carbocycles. The van der Waals surface area contributed by atoms with Crippen molar-refractivity contribution in [3.8, 4) is 11.4 Å². The fourth-order valence-electron chi connectivity index (χ4n) is 3.28. The largest absolute Gasteiger partial charge is 0.349 e. The lowest BCUT2D eigenvalue weighted by atomic mass is 10.1. The second-order valence-electron chi connectivity index (χ2n) is 7.55. The van der Waals surface area contributed by atoms with Crippen LogP contribution in [0.1, 0.15) is 35.7 Å². The molecule has 1 fully saturated rings. The van der Waals surface area contributed by atoms with Gasteiger partial charge in [0.25, 0.3) is 5.91 Å². The minimum absolute atomic E-state index is 0.153. The summed E-state index contributed by atoms with van der Waals surface area (Å²) in [4.78, 5) is 25.0. The molecular formula is C23H25N5O2S. The summed E-state index contributed by atoms with van der Waals surface area (Å²) in [5.41, 5.74) is 3.15. The molecule has 2 amide bonds. The Bertz CT molecular complexity index is 1110. The van der Waals surface area contributed by atoms with Gasteiger partial charge in [0.05, 0.1) is 17.0 Å². The molecule has 1 heterocycles. The van der Waals surface area contributed by atoms with Crippen LogP contribution in [0, 0.1) is 6.92 Å². The zero-order chi connectivity index (χ0) is 21.8. The van der Waals surface area contributed by atoms with E-state index in [9.17, 15) is 9.59 Å². The van der Waals surface area contributed by atoms with Crippen LogP contribution >= 0.6 is 11.8 Å². The van der Waals surface area contributed by atoms with Gasteiger partial charge in [0, 0.05) is 18.2 Å². The van der Waals surface area contributed by atoms with Gasteiger partial charge in [0.15, 0.2) is 11.0 Å². The Labute approximate surface area is 185 Å². The van der Waals surface area contributed by atoms with Crippen LogP contribution in [0.15, 0.2) is 53.7 Å². The molecule has 0 unspecified atom stereocenters. The van der Waals surface area contributed by atoms with E-state index in [0.29, 0.717) is 23.0 Å². The topological polar surface area (TPSA) is 88.9 Å². The monoisotopic (exact) mass is 435 g/mol. The molecule has 2 N–H and O–H groups in total. The van der Waals surface area contributed by atoms with Gasteiger partial charge in [-0.3, -0.25) is 9.59 Å². The lowest BCUT2D eigenvalue weighted by Gasteiger charge is -2.11. The predicted octanol–water partition coefficient (Wildman–Crippen LogP) is 3.90. The fraction of sp³-hybridized carbons (Fsp3) is 0.304. The molecule has 1 aromatic heterocycles. The van der Waals surface area contributed by atoms with Gasteiger partial charge in [0.1, 0.15) is 0 Å². The minimum Gasteiger partial charge on any atom is -0.349 e. The molecular weight excluding hydrogens is 410 g/mol.